The van der Waals surface area contributed by atoms with Crippen molar-refractivity contribution < 1.29 is 13.2 Å². The third kappa shape index (κ3) is 3.13. The van der Waals surface area contributed by atoms with Crippen LogP contribution in [-0.4, -0.2) is 46.0 Å². The van der Waals surface area contributed by atoms with Crippen molar-refractivity contribution in [3.05, 3.63) is 23.8 Å². The normalized spacial score (nSPS) is 19.5. The molecule has 5 nitrogen and oxygen atoms in total. The maximum Gasteiger partial charge on any atom is 0.246 e. The van der Waals surface area contributed by atoms with Gasteiger partial charge in [0.2, 0.25) is 10.0 Å². The van der Waals surface area contributed by atoms with Crippen molar-refractivity contribution in [2.45, 2.75) is 30.7 Å². The second-order valence-corrected chi connectivity index (χ2v) is 7.25. The van der Waals surface area contributed by atoms with Crippen LogP contribution >= 0.6 is 0 Å². The van der Waals surface area contributed by atoms with Gasteiger partial charge in [-0.25, -0.2) is 8.42 Å². The Hall–Kier alpha value is -1.11. The van der Waals surface area contributed by atoms with Crippen molar-refractivity contribution in [2.75, 3.05) is 27.2 Å². The molecule has 1 aromatic carbocycles. The lowest BCUT2D eigenvalue weighted by atomic mass is 10.2. The first-order chi connectivity index (χ1) is 9.45. The van der Waals surface area contributed by atoms with Crippen molar-refractivity contribution >= 4 is 10.0 Å². The number of likely N-dealkylation sites (N-methyl/N-ethyl adjacent to an activating group) is 1. The number of nitrogens with one attached hydrogen (secondary N) is 1. The van der Waals surface area contributed by atoms with Gasteiger partial charge in [-0.3, -0.25) is 0 Å². The number of rotatable bonds is 5. The van der Waals surface area contributed by atoms with E-state index in [2.05, 4.69) is 5.32 Å². The fourth-order valence-corrected chi connectivity index (χ4v) is 3.93. The highest BCUT2D eigenvalue weighted by Gasteiger charge is 2.27. The molecule has 0 bridgehead atoms. The van der Waals surface area contributed by atoms with Gasteiger partial charge in [0.1, 0.15) is 10.6 Å². The van der Waals surface area contributed by atoms with Gasteiger partial charge in [0.05, 0.1) is 7.11 Å². The molecule has 20 heavy (non-hydrogen) atoms. The van der Waals surface area contributed by atoms with E-state index >= 15 is 0 Å². The summed E-state index contributed by atoms with van der Waals surface area (Å²) in [6.45, 7) is 3.32. The first-order valence-electron chi connectivity index (χ1n) is 6.79. The van der Waals surface area contributed by atoms with Crippen LogP contribution in [0.5, 0.6) is 5.75 Å². The Bertz CT molecular complexity index is 566. The smallest absolute Gasteiger partial charge is 0.246 e. The van der Waals surface area contributed by atoms with E-state index in [0.29, 0.717) is 12.3 Å². The summed E-state index contributed by atoms with van der Waals surface area (Å²) in [5.41, 5.74) is 0.900. The Kier molecular flexibility index (Phi) is 4.67. The Labute approximate surface area is 121 Å². The minimum Gasteiger partial charge on any atom is -0.495 e. The van der Waals surface area contributed by atoms with E-state index in [9.17, 15) is 8.42 Å². The SMILES string of the molecule is COc1ccc(C)cc1S(=O)(=O)N(C)CC1CCCN1. The molecule has 0 spiro atoms. The number of methoxy groups -OCH3 is 1. The number of hydrogen-bond acceptors (Lipinski definition) is 4. The van der Waals surface area contributed by atoms with Gasteiger partial charge in [-0.1, -0.05) is 6.07 Å². The first kappa shape index (κ1) is 15.3. The van der Waals surface area contributed by atoms with Gasteiger partial charge in [0.15, 0.2) is 0 Å². The highest BCUT2D eigenvalue weighted by molar-refractivity contribution is 7.89. The molecule has 6 heteroatoms. The zero-order valence-corrected chi connectivity index (χ0v) is 13.0. The van der Waals surface area contributed by atoms with Gasteiger partial charge in [0, 0.05) is 19.6 Å². The Morgan fingerprint density at radius 1 is 1.45 bits per heavy atom. The molecule has 0 saturated carbocycles. The molecule has 112 valence electrons. The Morgan fingerprint density at radius 3 is 2.80 bits per heavy atom. The van der Waals surface area contributed by atoms with Crippen LogP contribution in [0.4, 0.5) is 0 Å². The molecule has 1 unspecified atom stereocenters. The molecule has 1 aromatic rings. The van der Waals surface area contributed by atoms with Gasteiger partial charge >= 0.3 is 0 Å². The van der Waals surface area contributed by atoms with Gasteiger partial charge in [-0.2, -0.15) is 4.31 Å². The van der Waals surface area contributed by atoms with E-state index in [-0.39, 0.29) is 10.9 Å². The Balaban J connectivity index is 2.26. The summed E-state index contributed by atoms with van der Waals surface area (Å²) in [5.74, 6) is 0.391. The topological polar surface area (TPSA) is 58.6 Å². The number of ether oxygens (including phenoxy) is 1. The highest BCUT2D eigenvalue weighted by Crippen LogP contribution is 2.27. The third-order valence-electron chi connectivity index (χ3n) is 3.65. The third-order valence-corrected chi connectivity index (χ3v) is 5.49. The predicted octanol–water partition coefficient (Wildman–Crippen LogP) is 1.38. The lowest BCUT2D eigenvalue weighted by Gasteiger charge is -2.22. The van der Waals surface area contributed by atoms with Crippen LogP contribution in [0.25, 0.3) is 0 Å². The van der Waals surface area contributed by atoms with Crippen LogP contribution < -0.4 is 10.1 Å². The number of hydrogen-bond donors (Lipinski definition) is 1. The summed E-state index contributed by atoms with van der Waals surface area (Å²) < 4.78 is 31.9. The largest absolute Gasteiger partial charge is 0.495 e. The fourth-order valence-electron chi connectivity index (χ4n) is 2.47. The van der Waals surface area contributed by atoms with Gasteiger partial charge in [-0.05, 0) is 44.0 Å². The maximum atomic E-state index is 12.7. The second kappa shape index (κ2) is 6.11. The summed E-state index contributed by atoms with van der Waals surface area (Å²) >= 11 is 0. The van der Waals surface area contributed by atoms with E-state index in [4.69, 9.17) is 4.74 Å². The molecule has 1 atom stereocenters. The first-order valence-corrected chi connectivity index (χ1v) is 8.23. The summed E-state index contributed by atoms with van der Waals surface area (Å²) in [5, 5.41) is 3.31. The molecule has 0 radical (unpaired) electrons. The van der Waals surface area contributed by atoms with Crippen LogP contribution in [-0.2, 0) is 10.0 Å². The molecule has 0 amide bonds. The molecule has 1 aliphatic heterocycles. The van der Waals surface area contributed by atoms with Gasteiger partial charge in [0.25, 0.3) is 0 Å². The summed E-state index contributed by atoms with van der Waals surface area (Å²) in [7, 11) is -0.413. The number of benzene rings is 1. The monoisotopic (exact) mass is 298 g/mol. The molecule has 0 aliphatic carbocycles. The molecule has 0 aromatic heterocycles. The lowest BCUT2D eigenvalue weighted by Crippen LogP contribution is -2.38. The van der Waals surface area contributed by atoms with Gasteiger partial charge < -0.3 is 10.1 Å². The van der Waals surface area contributed by atoms with E-state index in [1.54, 1.807) is 19.2 Å². The van der Waals surface area contributed by atoms with Crippen molar-refractivity contribution in [1.29, 1.82) is 0 Å². The zero-order chi connectivity index (χ0) is 14.8. The molecular formula is C14H22N2O3S. The van der Waals surface area contributed by atoms with Crippen molar-refractivity contribution in [3.63, 3.8) is 0 Å². The maximum absolute atomic E-state index is 12.7. The fraction of sp³-hybridized carbons (Fsp3) is 0.571. The van der Waals surface area contributed by atoms with E-state index < -0.39 is 10.0 Å². The van der Waals surface area contributed by atoms with Crippen LogP contribution in [0.1, 0.15) is 18.4 Å². The predicted molar refractivity (Wildman–Crippen MR) is 78.6 cm³/mol. The molecular weight excluding hydrogens is 276 g/mol. The summed E-state index contributed by atoms with van der Waals surface area (Å²) in [4.78, 5) is 0.237. The quantitative estimate of drug-likeness (QED) is 0.892. The Morgan fingerprint density at radius 2 is 2.20 bits per heavy atom. The van der Waals surface area contributed by atoms with Crippen LogP contribution in [0.3, 0.4) is 0 Å². The summed E-state index contributed by atoms with van der Waals surface area (Å²) in [6, 6.07) is 5.44. The minimum absolute atomic E-state index is 0.237. The van der Waals surface area contributed by atoms with Crippen LogP contribution in [0.15, 0.2) is 23.1 Å². The molecule has 1 saturated heterocycles. The molecule has 1 aliphatic rings. The van der Waals surface area contributed by atoms with E-state index in [0.717, 1.165) is 24.9 Å². The van der Waals surface area contributed by atoms with Crippen molar-refractivity contribution in [1.82, 2.24) is 9.62 Å². The summed E-state index contributed by atoms with van der Waals surface area (Å²) in [6.07, 6.45) is 2.12. The van der Waals surface area contributed by atoms with Gasteiger partial charge in [-0.15, -0.1) is 0 Å². The van der Waals surface area contributed by atoms with Crippen LogP contribution in [0, 0.1) is 6.92 Å². The average molecular weight is 298 g/mol. The number of sulfonamides is 1. The highest BCUT2D eigenvalue weighted by atomic mass is 32.2. The number of aryl methyl sites for hydroxylation is 1. The lowest BCUT2D eigenvalue weighted by molar-refractivity contribution is 0.391. The molecule has 1 N–H and O–H groups in total. The average Bonchev–Trinajstić information content (AvgIpc) is 2.91. The zero-order valence-electron chi connectivity index (χ0n) is 12.2. The van der Waals surface area contributed by atoms with Crippen LogP contribution in [0.2, 0.25) is 0 Å². The molecule has 2 rings (SSSR count). The van der Waals surface area contributed by atoms with Crippen molar-refractivity contribution in [3.8, 4) is 5.75 Å². The molecule has 1 heterocycles. The van der Waals surface area contributed by atoms with E-state index in [1.807, 2.05) is 13.0 Å². The second-order valence-electron chi connectivity index (χ2n) is 5.23. The van der Waals surface area contributed by atoms with E-state index in [1.165, 1.54) is 11.4 Å². The van der Waals surface area contributed by atoms with Crippen molar-refractivity contribution in [2.24, 2.45) is 0 Å². The number of nitrogens with zero attached hydrogens (tertiary/aromatic N) is 1. The molecule has 1 fully saturated rings. The standard InChI is InChI=1S/C14H22N2O3S/c1-11-6-7-13(19-3)14(9-11)20(17,18)16(2)10-12-5-4-8-15-12/h6-7,9,12,15H,4-5,8,10H2,1-3H3. The minimum atomic E-state index is -3.52.